The van der Waals surface area contributed by atoms with E-state index in [-0.39, 0.29) is 5.91 Å². The van der Waals surface area contributed by atoms with Crippen molar-refractivity contribution in [1.82, 2.24) is 19.8 Å². The van der Waals surface area contributed by atoms with Gasteiger partial charge in [-0.2, -0.15) is 0 Å². The summed E-state index contributed by atoms with van der Waals surface area (Å²) in [6.07, 6.45) is 0.962. The van der Waals surface area contributed by atoms with Gasteiger partial charge in [-0.05, 0) is 53.9 Å². The van der Waals surface area contributed by atoms with E-state index >= 15 is 0 Å². The van der Waals surface area contributed by atoms with E-state index in [4.69, 9.17) is 4.98 Å². The lowest BCUT2D eigenvalue weighted by molar-refractivity contribution is 0.0664. The van der Waals surface area contributed by atoms with Crippen LogP contribution in [0.2, 0.25) is 0 Å². The molecule has 5 heteroatoms. The van der Waals surface area contributed by atoms with Crippen LogP contribution in [0.15, 0.2) is 60.7 Å². The smallest absolute Gasteiger partial charge is 0.254 e. The lowest BCUT2D eigenvalue weighted by Crippen LogP contribution is -2.47. The van der Waals surface area contributed by atoms with E-state index in [0.29, 0.717) is 0 Å². The highest BCUT2D eigenvalue weighted by Gasteiger charge is 2.24. The van der Waals surface area contributed by atoms with E-state index in [2.05, 4.69) is 59.4 Å². The summed E-state index contributed by atoms with van der Waals surface area (Å²) in [5, 5.41) is 0. The number of hydrogen-bond acceptors (Lipinski definition) is 3. The second-order valence-electron chi connectivity index (χ2n) is 8.59. The number of carbonyl (C=O) groups is 1. The van der Waals surface area contributed by atoms with Gasteiger partial charge >= 0.3 is 0 Å². The van der Waals surface area contributed by atoms with Crippen molar-refractivity contribution in [3.05, 3.63) is 77.4 Å². The largest absolute Gasteiger partial charge is 0.338 e. The molecule has 1 N–H and O–H groups in total. The summed E-state index contributed by atoms with van der Waals surface area (Å²) in [5.41, 5.74) is 8.88. The van der Waals surface area contributed by atoms with Crippen LogP contribution in [0.25, 0.3) is 33.5 Å². The van der Waals surface area contributed by atoms with Crippen LogP contribution in [0.3, 0.4) is 0 Å². The Balaban J connectivity index is 1.38. The van der Waals surface area contributed by atoms with E-state index in [1.807, 2.05) is 23.1 Å². The molecular weight excluding hydrogens is 384 g/mol. The first-order chi connectivity index (χ1) is 15.2. The molecule has 0 unspecified atom stereocenters. The molecule has 0 saturated carbocycles. The molecule has 154 valence electrons. The van der Waals surface area contributed by atoms with E-state index in [9.17, 15) is 4.79 Å². The fourth-order valence-electron chi connectivity index (χ4n) is 4.85. The topological polar surface area (TPSA) is 52.2 Å². The van der Waals surface area contributed by atoms with Crippen LogP contribution in [0.5, 0.6) is 0 Å². The molecule has 1 fully saturated rings. The Hall–Kier alpha value is -3.44. The molecule has 2 aliphatic rings. The van der Waals surface area contributed by atoms with Gasteiger partial charge in [-0.15, -0.1) is 0 Å². The molecule has 0 atom stereocenters. The van der Waals surface area contributed by atoms with Crippen molar-refractivity contribution < 1.29 is 4.79 Å². The second-order valence-corrected chi connectivity index (χ2v) is 8.59. The number of aromatic amines is 1. The molecule has 1 aliphatic heterocycles. The molecule has 6 rings (SSSR count). The Labute approximate surface area is 181 Å². The number of benzene rings is 3. The SMILES string of the molecule is CN1CCN(C(=O)c2ccc3nc(-c4cccc5c4-c4ccccc4C5)[nH]c3c2)CC1. The van der Waals surface area contributed by atoms with Crippen molar-refractivity contribution in [3.8, 4) is 22.5 Å². The summed E-state index contributed by atoms with van der Waals surface area (Å²) in [5.74, 6) is 0.952. The summed E-state index contributed by atoms with van der Waals surface area (Å²) >= 11 is 0. The van der Waals surface area contributed by atoms with Gasteiger partial charge in [-0.1, -0.05) is 42.5 Å². The number of amides is 1. The van der Waals surface area contributed by atoms with E-state index in [1.165, 1.54) is 22.3 Å². The number of piperazine rings is 1. The third-order valence-electron chi connectivity index (χ3n) is 6.59. The van der Waals surface area contributed by atoms with Crippen molar-refractivity contribution in [2.75, 3.05) is 33.2 Å². The highest BCUT2D eigenvalue weighted by molar-refractivity contribution is 5.98. The minimum Gasteiger partial charge on any atom is -0.338 e. The van der Waals surface area contributed by atoms with Crippen molar-refractivity contribution in [2.24, 2.45) is 0 Å². The van der Waals surface area contributed by atoms with Gasteiger partial charge in [0.1, 0.15) is 5.82 Å². The zero-order valence-electron chi connectivity index (χ0n) is 17.6. The maximum absolute atomic E-state index is 13.0. The summed E-state index contributed by atoms with van der Waals surface area (Å²) in [4.78, 5) is 25.5. The highest BCUT2D eigenvalue weighted by Crippen LogP contribution is 2.42. The number of carbonyl (C=O) groups excluding carboxylic acids is 1. The monoisotopic (exact) mass is 408 g/mol. The van der Waals surface area contributed by atoms with Crippen molar-refractivity contribution in [3.63, 3.8) is 0 Å². The third-order valence-corrected chi connectivity index (χ3v) is 6.59. The highest BCUT2D eigenvalue weighted by atomic mass is 16.2. The molecule has 1 aliphatic carbocycles. The number of nitrogens with one attached hydrogen (secondary N) is 1. The summed E-state index contributed by atoms with van der Waals surface area (Å²) in [7, 11) is 2.10. The average molecular weight is 409 g/mol. The van der Waals surface area contributed by atoms with Gasteiger partial charge < -0.3 is 14.8 Å². The molecular formula is C26H24N4O. The molecule has 4 aromatic rings. The molecule has 5 nitrogen and oxygen atoms in total. The van der Waals surface area contributed by atoms with Gasteiger partial charge in [-0.3, -0.25) is 4.79 Å². The Kier molecular flexibility index (Phi) is 4.18. The van der Waals surface area contributed by atoms with Crippen molar-refractivity contribution in [2.45, 2.75) is 6.42 Å². The molecule has 31 heavy (non-hydrogen) atoms. The van der Waals surface area contributed by atoms with Crippen LogP contribution in [0.4, 0.5) is 0 Å². The minimum atomic E-state index is 0.0979. The predicted octanol–water partition coefficient (Wildman–Crippen LogP) is 4.19. The van der Waals surface area contributed by atoms with Crippen LogP contribution >= 0.6 is 0 Å². The number of aromatic nitrogens is 2. The zero-order chi connectivity index (χ0) is 20.9. The van der Waals surface area contributed by atoms with Gasteiger partial charge in [0.05, 0.1) is 11.0 Å². The lowest BCUT2D eigenvalue weighted by Gasteiger charge is -2.32. The fourth-order valence-corrected chi connectivity index (χ4v) is 4.85. The number of rotatable bonds is 2. The van der Waals surface area contributed by atoms with Crippen LogP contribution in [0.1, 0.15) is 21.5 Å². The molecule has 0 spiro atoms. The average Bonchev–Trinajstić information content (AvgIpc) is 3.40. The third kappa shape index (κ3) is 3.04. The first-order valence-electron chi connectivity index (χ1n) is 10.9. The van der Waals surface area contributed by atoms with Gasteiger partial charge in [0.15, 0.2) is 0 Å². The molecule has 0 bridgehead atoms. The molecule has 1 aromatic heterocycles. The normalized spacial score (nSPS) is 15.8. The molecule has 1 amide bonds. The van der Waals surface area contributed by atoms with Crippen LogP contribution in [-0.2, 0) is 6.42 Å². The first kappa shape index (κ1) is 18.3. The van der Waals surface area contributed by atoms with Gasteiger partial charge in [-0.25, -0.2) is 4.98 Å². The fraction of sp³-hybridized carbons (Fsp3) is 0.231. The number of H-pyrrole nitrogens is 1. The van der Waals surface area contributed by atoms with Crippen molar-refractivity contribution in [1.29, 1.82) is 0 Å². The molecule has 1 saturated heterocycles. The number of likely N-dealkylation sites (N-methyl/N-ethyl adjacent to an activating group) is 1. The molecule has 3 aromatic carbocycles. The lowest BCUT2D eigenvalue weighted by atomic mass is 9.99. The van der Waals surface area contributed by atoms with Gasteiger partial charge in [0.25, 0.3) is 5.91 Å². The Morgan fingerprint density at radius 1 is 0.903 bits per heavy atom. The second kappa shape index (κ2) is 7.06. The predicted molar refractivity (Wildman–Crippen MR) is 123 cm³/mol. The van der Waals surface area contributed by atoms with Crippen LogP contribution in [0, 0.1) is 0 Å². The maximum atomic E-state index is 13.0. The van der Waals surface area contributed by atoms with Crippen LogP contribution in [-0.4, -0.2) is 58.9 Å². The molecule has 0 radical (unpaired) electrons. The van der Waals surface area contributed by atoms with Crippen LogP contribution < -0.4 is 0 Å². The number of hydrogen-bond donors (Lipinski definition) is 1. The minimum absolute atomic E-state index is 0.0979. The van der Waals surface area contributed by atoms with Gasteiger partial charge in [0, 0.05) is 37.3 Å². The standard InChI is InChI=1S/C26H24N4O/c1-29-11-13-30(14-12-29)26(31)19-9-10-22-23(16-19)28-25(27-22)21-8-4-6-18-15-17-5-2-3-7-20(17)24(18)21/h2-10,16H,11-15H2,1H3,(H,27,28). The van der Waals surface area contributed by atoms with E-state index < -0.39 is 0 Å². The quantitative estimate of drug-likeness (QED) is 0.477. The number of imidazole rings is 1. The maximum Gasteiger partial charge on any atom is 0.254 e. The Morgan fingerprint density at radius 2 is 1.68 bits per heavy atom. The van der Waals surface area contributed by atoms with Gasteiger partial charge in [0.2, 0.25) is 0 Å². The summed E-state index contributed by atoms with van der Waals surface area (Å²) in [6, 6.07) is 20.8. The summed E-state index contributed by atoms with van der Waals surface area (Å²) in [6.45, 7) is 3.39. The Bertz CT molecular complexity index is 1310. The van der Waals surface area contributed by atoms with Crippen molar-refractivity contribution >= 4 is 16.9 Å². The van der Waals surface area contributed by atoms with E-state index in [1.54, 1.807) is 0 Å². The van der Waals surface area contributed by atoms with E-state index in [0.717, 1.165) is 60.6 Å². The first-order valence-corrected chi connectivity index (χ1v) is 10.9. The zero-order valence-corrected chi connectivity index (χ0v) is 17.6. The Morgan fingerprint density at radius 3 is 2.55 bits per heavy atom. The summed E-state index contributed by atoms with van der Waals surface area (Å²) < 4.78 is 0. The number of nitrogens with zero attached hydrogens (tertiary/aromatic N) is 3. The number of fused-ring (bicyclic) bond motifs is 4. The molecule has 2 heterocycles.